The van der Waals surface area contributed by atoms with Gasteiger partial charge in [0, 0.05) is 37.4 Å². The van der Waals surface area contributed by atoms with E-state index in [0.29, 0.717) is 19.5 Å². The zero-order valence-electron chi connectivity index (χ0n) is 17.9. The fourth-order valence-corrected chi connectivity index (χ4v) is 4.27. The first-order chi connectivity index (χ1) is 14.2. The molecule has 7 heteroatoms. The van der Waals surface area contributed by atoms with Gasteiger partial charge in [-0.1, -0.05) is 24.3 Å². The van der Waals surface area contributed by atoms with Gasteiger partial charge in [-0.2, -0.15) is 5.26 Å². The summed E-state index contributed by atoms with van der Waals surface area (Å²) in [5.74, 6) is -0.0521. The van der Waals surface area contributed by atoms with Crippen LogP contribution >= 0.6 is 11.6 Å². The van der Waals surface area contributed by atoms with Crippen LogP contribution in [0.4, 0.5) is 5.82 Å². The monoisotopic (exact) mass is 428 g/mol. The third-order valence-electron chi connectivity index (χ3n) is 5.51. The van der Waals surface area contributed by atoms with E-state index in [9.17, 15) is 10.1 Å². The lowest BCUT2D eigenvalue weighted by molar-refractivity contribution is -0.158. The van der Waals surface area contributed by atoms with Gasteiger partial charge in [0.1, 0.15) is 11.4 Å². The first-order valence-corrected chi connectivity index (χ1v) is 10.8. The smallest absolute Gasteiger partial charge is 0.313 e. The second kappa shape index (κ2) is 9.18. The van der Waals surface area contributed by atoms with Crippen LogP contribution in [0.15, 0.2) is 24.3 Å². The van der Waals surface area contributed by atoms with Gasteiger partial charge >= 0.3 is 5.97 Å². The van der Waals surface area contributed by atoms with Crippen LogP contribution in [0.1, 0.15) is 51.3 Å². The summed E-state index contributed by atoms with van der Waals surface area (Å²) in [6.07, 6.45) is 7.61. The summed E-state index contributed by atoms with van der Waals surface area (Å²) in [5.41, 5.74) is 2.24. The number of fused-ring (bicyclic) bond motifs is 1. The molecule has 1 unspecified atom stereocenters. The fraction of sp³-hybridized carbons (Fsp3) is 0.565. The highest BCUT2D eigenvalue weighted by Gasteiger charge is 2.35. The Hall–Kier alpha value is -2.39. The lowest BCUT2D eigenvalue weighted by atomic mass is 9.86. The molecule has 1 saturated heterocycles. The molecule has 0 spiro atoms. The SMILES string of the molecule is C=C1C(C(=O)OC(C)(C)C)CCN(c2nc(Cl)nc3c2CCC=CC3)C[C@@H]1CC#N. The molecule has 0 radical (unpaired) electrons. The number of ether oxygens (including phenoxy) is 1. The highest BCUT2D eigenvalue weighted by Crippen LogP contribution is 2.35. The van der Waals surface area contributed by atoms with E-state index < -0.39 is 11.5 Å². The van der Waals surface area contributed by atoms with Gasteiger partial charge in [-0.25, -0.2) is 9.97 Å². The van der Waals surface area contributed by atoms with Crippen LogP contribution in [-0.4, -0.2) is 34.6 Å². The molecule has 0 saturated carbocycles. The Bertz CT molecular complexity index is 898. The topological polar surface area (TPSA) is 79.1 Å². The van der Waals surface area contributed by atoms with Crippen LogP contribution in [0.3, 0.4) is 0 Å². The summed E-state index contributed by atoms with van der Waals surface area (Å²) in [6.45, 7) is 11.0. The van der Waals surface area contributed by atoms with Gasteiger partial charge in [-0.05, 0) is 51.6 Å². The molecule has 30 heavy (non-hydrogen) atoms. The number of allylic oxidation sites excluding steroid dienone is 2. The summed E-state index contributed by atoms with van der Waals surface area (Å²) < 4.78 is 5.64. The molecule has 1 aromatic heterocycles. The van der Waals surface area contributed by atoms with Crippen molar-refractivity contribution in [2.24, 2.45) is 11.8 Å². The molecule has 0 N–H and O–H groups in total. The minimum atomic E-state index is -0.571. The molecule has 6 nitrogen and oxygen atoms in total. The number of carbonyl (C=O) groups is 1. The van der Waals surface area contributed by atoms with Crippen molar-refractivity contribution < 1.29 is 9.53 Å². The van der Waals surface area contributed by atoms with Crippen LogP contribution < -0.4 is 4.90 Å². The maximum absolute atomic E-state index is 12.9. The average Bonchev–Trinajstić information content (AvgIpc) is 2.97. The highest BCUT2D eigenvalue weighted by atomic mass is 35.5. The molecule has 0 amide bonds. The average molecular weight is 429 g/mol. The van der Waals surface area contributed by atoms with E-state index in [1.807, 2.05) is 20.8 Å². The number of esters is 1. The number of aromatic nitrogens is 2. The lowest BCUT2D eigenvalue weighted by Crippen LogP contribution is -2.31. The molecule has 3 rings (SSSR count). The second-order valence-corrected chi connectivity index (χ2v) is 9.25. The van der Waals surface area contributed by atoms with Gasteiger partial charge in [0.15, 0.2) is 0 Å². The number of halogens is 1. The van der Waals surface area contributed by atoms with E-state index in [4.69, 9.17) is 16.3 Å². The van der Waals surface area contributed by atoms with Crippen LogP contribution in [0.5, 0.6) is 0 Å². The predicted molar refractivity (Wildman–Crippen MR) is 117 cm³/mol. The van der Waals surface area contributed by atoms with E-state index in [-0.39, 0.29) is 23.6 Å². The Morgan fingerprint density at radius 3 is 2.87 bits per heavy atom. The molecule has 2 aliphatic rings. The number of anilines is 1. The summed E-state index contributed by atoms with van der Waals surface area (Å²) >= 11 is 6.26. The van der Waals surface area contributed by atoms with Crippen molar-refractivity contribution in [1.82, 2.24) is 9.97 Å². The van der Waals surface area contributed by atoms with E-state index in [1.165, 1.54) is 0 Å². The molecule has 160 valence electrons. The predicted octanol–water partition coefficient (Wildman–Crippen LogP) is 4.43. The Balaban J connectivity index is 1.93. The van der Waals surface area contributed by atoms with E-state index in [0.717, 1.165) is 41.9 Å². The normalized spacial score (nSPS) is 22.0. The molecular weight excluding hydrogens is 400 g/mol. The fourth-order valence-electron chi connectivity index (χ4n) is 4.08. The molecule has 2 atom stereocenters. The number of carbonyl (C=O) groups excluding carboxylic acids is 1. The molecule has 2 heterocycles. The Morgan fingerprint density at radius 1 is 1.40 bits per heavy atom. The maximum Gasteiger partial charge on any atom is 0.313 e. The molecular formula is C23H29ClN4O2. The first-order valence-electron chi connectivity index (χ1n) is 10.4. The second-order valence-electron chi connectivity index (χ2n) is 8.91. The quantitative estimate of drug-likeness (QED) is 0.402. The van der Waals surface area contributed by atoms with Crippen molar-refractivity contribution in [1.29, 1.82) is 5.26 Å². The Labute approximate surface area is 183 Å². The van der Waals surface area contributed by atoms with Crippen molar-refractivity contribution in [2.75, 3.05) is 18.0 Å². The molecule has 1 aliphatic heterocycles. The van der Waals surface area contributed by atoms with Gasteiger partial charge in [0.05, 0.1) is 17.7 Å². The number of rotatable bonds is 3. The summed E-state index contributed by atoms with van der Waals surface area (Å²) in [7, 11) is 0. The Kier molecular flexibility index (Phi) is 6.82. The van der Waals surface area contributed by atoms with Crippen LogP contribution in [-0.2, 0) is 22.4 Å². The van der Waals surface area contributed by atoms with Gasteiger partial charge in [-0.15, -0.1) is 0 Å². The van der Waals surface area contributed by atoms with Crippen molar-refractivity contribution >= 4 is 23.4 Å². The van der Waals surface area contributed by atoms with Crippen molar-refractivity contribution in [2.45, 2.75) is 58.5 Å². The van der Waals surface area contributed by atoms with E-state index in [1.54, 1.807) is 0 Å². The minimum Gasteiger partial charge on any atom is -0.460 e. The molecule has 1 aromatic rings. The van der Waals surface area contributed by atoms with Gasteiger partial charge in [-0.3, -0.25) is 4.79 Å². The largest absolute Gasteiger partial charge is 0.460 e. The third-order valence-corrected chi connectivity index (χ3v) is 5.68. The Morgan fingerprint density at radius 2 is 2.17 bits per heavy atom. The summed E-state index contributed by atoms with van der Waals surface area (Å²) in [6, 6.07) is 2.25. The number of nitriles is 1. The molecule has 1 fully saturated rings. The van der Waals surface area contributed by atoms with Gasteiger partial charge in [0.2, 0.25) is 5.28 Å². The number of hydrogen-bond acceptors (Lipinski definition) is 6. The van der Waals surface area contributed by atoms with Crippen molar-refractivity contribution in [3.8, 4) is 6.07 Å². The van der Waals surface area contributed by atoms with Crippen LogP contribution in [0, 0.1) is 23.2 Å². The minimum absolute atomic E-state index is 0.150. The maximum atomic E-state index is 12.9. The van der Waals surface area contributed by atoms with Crippen molar-refractivity contribution in [3.05, 3.63) is 40.8 Å². The molecule has 1 aliphatic carbocycles. The van der Waals surface area contributed by atoms with E-state index >= 15 is 0 Å². The number of nitrogens with zero attached hydrogens (tertiary/aromatic N) is 4. The van der Waals surface area contributed by atoms with Gasteiger partial charge < -0.3 is 9.64 Å². The standard InChI is InChI=1S/C23H29ClN4O2/c1-15-16(10-12-25)14-28(13-11-17(15)21(29)30-23(2,3)4)20-18-8-6-5-7-9-19(18)26-22(24)27-20/h5,7,16-17H,1,6,8-11,13-14H2,2-4H3/t16-,17?/m0/s1. The van der Waals surface area contributed by atoms with E-state index in [2.05, 4.69) is 39.7 Å². The van der Waals surface area contributed by atoms with Crippen LogP contribution in [0.25, 0.3) is 0 Å². The van der Waals surface area contributed by atoms with Crippen molar-refractivity contribution in [3.63, 3.8) is 0 Å². The molecule has 0 aromatic carbocycles. The molecule has 0 bridgehead atoms. The van der Waals surface area contributed by atoms with Crippen LogP contribution in [0.2, 0.25) is 5.28 Å². The summed E-state index contributed by atoms with van der Waals surface area (Å²) in [4.78, 5) is 24.0. The third kappa shape index (κ3) is 5.20. The summed E-state index contributed by atoms with van der Waals surface area (Å²) in [5, 5.41) is 9.61. The lowest BCUT2D eigenvalue weighted by Gasteiger charge is -2.27. The number of hydrogen-bond donors (Lipinski definition) is 0. The zero-order chi connectivity index (χ0) is 21.9. The zero-order valence-corrected chi connectivity index (χ0v) is 18.7. The van der Waals surface area contributed by atoms with Gasteiger partial charge in [0.25, 0.3) is 0 Å². The first kappa shape index (κ1) is 22.3. The highest BCUT2D eigenvalue weighted by molar-refractivity contribution is 6.28.